The second-order valence-electron chi connectivity index (χ2n) is 4.76. The highest BCUT2D eigenvalue weighted by Crippen LogP contribution is 2.23. The second-order valence-corrected chi connectivity index (χ2v) is 4.76. The maximum atomic E-state index is 4.38. The third-order valence-corrected chi connectivity index (χ3v) is 3.73. The minimum absolute atomic E-state index is 0.644. The molecule has 4 heteroatoms. The number of aromatic nitrogens is 2. The van der Waals surface area contributed by atoms with Crippen LogP contribution < -0.4 is 5.32 Å². The molecule has 0 aliphatic heterocycles. The van der Waals surface area contributed by atoms with E-state index in [1.165, 1.54) is 19.3 Å². The van der Waals surface area contributed by atoms with Crippen LogP contribution in [0.5, 0.6) is 0 Å². The van der Waals surface area contributed by atoms with Gasteiger partial charge in [0.15, 0.2) is 0 Å². The van der Waals surface area contributed by atoms with E-state index in [0.29, 0.717) is 12.1 Å². The van der Waals surface area contributed by atoms with Crippen molar-refractivity contribution in [2.75, 3.05) is 14.1 Å². The average Bonchev–Trinajstić information content (AvgIpc) is 2.87. The normalized spacial score (nSPS) is 25.5. The zero-order valence-electron chi connectivity index (χ0n) is 10.5. The van der Waals surface area contributed by atoms with Gasteiger partial charge in [0, 0.05) is 31.5 Å². The van der Waals surface area contributed by atoms with E-state index in [1.807, 2.05) is 12.4 Å². The second kappa shape index (κ2) is 4.97. The van der Waals surface area contributed by atoms with Crippen molar-refractivity contribution in [1.29, 1.82) is 0 Å². The summed E-state index contributed by atoms with van der Waals surface area (Å²) in [5, 5.41) is 3.42. The Morgan fingerprint density at radius 3 is 3.00 bits per heavy atom. The monoisotopic (exact) mass is 222 g/mol. The maximum absolute atomic E-state index is 4.38. The summed E-state index contributed by atoms with van der Waals surface area (Å²) in [6, 6.07) is 1.30. The molecule has 0 bridgehead atoms. The molecule has 2 atom stereocenters. The molecule has 1 aliphatic rings. The van der Waals surface area contributed by atoms with Crippen molar-refractivity contribution >= 4 is 0 Å². The van der Waals surface area contributed by atoms with Crippen LogP contribution in [0, 0.1) is 0 Å². The standard InChI is InChI=1S/C12H22N4/c1-13-10-5-4-6-11(10)16(3)9-12-14-7-8-15(12)2/h7-8,10-11,13H,4-6,9H2,1-3H3. The third-order valence-electron chi connectivity index (χ3n) is 3.73. The van der Waals surface area contributed by atoms with Crippen LogP contribution in [0.1, 0.15) is 25.1 Å². The van der Waals surface area contributed by atoms with E-state index in [1.54, 1.807) is 0 Å². The molecular weight excluding hydrogens is 200 g/mol. The van der Waals surface area contributed by atoms with Crippen LogP contribution in [-0.2, 0) is 13.6 Å². The summed E-state index contributed by atoms with van der Waals surface area (Å²) in [4.78, 5) is 6.81. The molecule has 1 aliphatic carbocycles. The Morgan fingerprint density at radius 1 is 1.56 bits per heavy atom. The summed E-state index contributed by atoms with van der Waals surface area (Å²) in [6.07, 6.45) is 7.81. The largest absolute Gasteiger partial charge is 0.337 e. The SMILES string of the molecule is CNC1CCCC1N(C)Cc1nccn1C. The molecule has 0 spiro atoms. The lowest BCUT2D eigenvalue weighted by molar-refractivity contribution is 0.202. The molecule has 0 radical (unpaired) electrons. The first kappa shape index (κ1) is 11.6. The summed E-state index contributed by atoms with van der Waals surface area (Å²) in [6.45, 7) is 0.937. The van der Waals surface area contributed by atoms with Gasteiger partial charge >= 0.3 is 0 Å². The van der Waals surface area contributed by atoms with Gasteiger partial charge < -0.3 is 9.88 Å². The van der Waals surface area contributed by atoms with E-state index in [2.05, 4.69) is 40.9 Å². The maximum Gasteiger partial charge on any atom is 0.122 e. The molecule has 1 aromatic rings. The van der Waals surface area contributed by atoms with Crippen molar-refractivity contribution < 1.29 is 0 Å². The zero-order chi connectivity index (χ0) is 11.5. The number of rotatable bonds is 4. The Balaban J connectivity index is 1.97. The molecule has 0 aromatic carbocycles. The Hall–Kier alpha value is -0.870. The number of nitrogens with zero attached hydrogens (tertiary/aromatic N) is 3. The van der Waals surface area contributed by atoms with E-state index in [-0.39, 0.29) is 0 Å². The highest BCUT2D eigenvalue weighted by Gasteiger charge is 2.29. The van der Waals surface area contributed by atoms with E-state index in [0.717, 1.165) is 12.4 Å². The van der Waals surface area contributed by atoms with Gasteiger partial charge in [0.25, 0.3) is 0 Å². The van der Waals surface area contributed by atoms with Crippen molar-refractivity contribution in [2.24, 2.45) is 7.05 Å². The van der Waals surface area contributed by atoms with Gasteiger partial charge in [-0.05, 0) is 26.9 Å². The van der Waals surface area contributed by atoms with Crippen LogP contribution in [0.15, 0.2) is 12.4 Å². The number of hydrogen-bond acceptors (Lipinski definition) is 3. The predicted octanol–water partition coefficient (Wildman–Crippen LogP) is 0.992. The van der Waals surface area contributed by atoms with E-state index < -0.39 is 0 Å². The fourth-order valence-electron chi connectivity index (χ4n) is 2.69. The smallest absolute Gasteiger partial charge is 0.122 e. The molecule has 0 amide bonds. The van der Waals surface area contributed by atoms with E-state index in [9.17, 15) is 0 Å². The first-order chi connectivity index (χ1) is 7.72. The summed E-state index contributed by atoms with van der Waals surface area (Å²) in [5.74, 6) is 1.14. The molecule has 4 nitrogen and oxygen atoms in total. The van der Waals surface area contributed by atoms with Crippen LogP contribution in [0.25, 0.3) is 0 Å². The summed E-state index contributed by atoms with van der Waals surface area (Å²) >= 11 is 0. The lowest BCUT2D eigenvalue weighted by atomic mass is 10.1. The molecular formula is C12H22N4. The predicted molar refractivity (Wildman–Crippen MR) is 65.2 cm³/mol. The Bertz CT molecular complexity index is 334. The van der Waals surface area contributed by atoms with Crippen molar-refractivity contribution in [1.82, 2.24) is 19.8 Å². The van der Waals surface area contributed by atoms with Gasteiger partial charge in [-0.3, -0.25) is 4.90 Å². The van der Waals surface area contributed by atoms with E-state index >= 15 is 0 Å². The molecule has 1 N–H and O–H groups in total. The van der Waals surface area contributed by atoms with Crippen molar-refractivity contribution in [3.63, 3.8) is 0 Å². The molecule has 90 valence electrons. The first-order valence-electron chi connectivity index (χ1n) is 6.06. The topological polar surface area (TPSA) is 33.1 Å². The van der Waals surface area contributed by atoms with Gasteiger partial charge in [-0.25, -0.2) is 4.98 Å². The summed E-state index contributed by atoms with van der Waals surface area (Å²) < 4.78 is 2.10. The molecule has 1 heterocycles. The Labute approximate surface area is 97.7 Å². The van der Waals surface area contributed by atoms with Crippen LogP contribution in [-0.4, -0.2) is 40.6 Å². The fourth-order valence-corrected chi connectivity index (χ4v) is 2.69. The van der Waals surface area contributed by atoms with Gasteiger partial charge in [-0.1, -0.05) is 6.42 Å². The van der Waals surface area contributed by atoms with Crippen LogP contribution in [0.2, 0.25) is 0 Å². The zero-order valence-corrected chi connectivity index (χ0v) is 10.5. The lowest BCUT2D eigenvalue weighted by Crippen LogP contribution is -2.43. The quantitative estimate of drug-likeness (QED) is 0.825. The van der Waals surface area contributed by atoms with Gasteiger partial charge in [0.1, 0.15) is 5.82 Å². The summed E-state index contributed by atoms with van der Waals surface area (Å²) in [7, 11) is 6.33. The minimum atomic E-state index is 0.644. The number of aryl methyl sites for hydroxylation is 1. The number of imidazole rings is 1. The first-order valence-corrected chi connectivity index (χ1v) is 6.06. The van der Waals surface area contributed by atoms with Crippen molar-refractivity contribution in [2.45, 2.75) is 37.9 Å². The summed E-state index contributed by atoms with van der Waals surface area (Å²) in [5.41, 5.74) is 0. The molecule has 1 aromatic heterocycles. The van der Waals surface area contributed by atoms with Gasteiger partial charge in [0.2, 0.25) is 0 Å². The number of nitrogens with one attached hydrogen (secondary N) is 1. The van der Waals surface area contributed by atoms with Crippen molar-refractivity contribution in [3.8, 4) is 0 Å². The minimum Gasteiger partial charge on any atom is -0.337 e. The van der Waals surface area contributed by atoms with Crippen LogP contribution in [0.3, 0.4) is 0 Å². The van der Waals surface area contributed by atoms with Gasteiger partial charge in [-0.15, -0.1) is 0 Å². The van der Waals surface area contributed by atoms with E-state index in [4.69, 9.17) is 0 Å². The lowest BCUT2D eigenvalue weighted by Gasteiger charge is -2.29. The Morgan fingerprint density at radius 2 is 2.38 bits per heavy atom. The molecule has 0 saturated heterocycles. The highest BCUT2D eigenvalue weighted by molar-refractivity contribution is 4.94. The van der Waals surface area contributed by atoms with Gasteiger partial charge in [0.05, 0.1) is 6.54 Å². The fraction of sp³-hybridized carbons (Fsp3) is 0.750. The molecule has 1 fully saturated rings. The molecule has 2 unspecified atom stereocenters. The Kier molecular flexibility index (Phi) is 3.61. The number of hydrogen-bond donors (Lipinski definition) is 1. The highest BCUT2D eigenvalue weighted by atomic mass is 15.2. The average molecular weight is 222 g/mol. The molecule has 16 heavy (non-hydrogen) atoms. The molecule has 2 rings (SSSR count). The van der Waals surface area contributed by atoms with Crippen LogP contribution >= 0.6 is 0 Å². The third kappa shape index (κ3) is 2.28. The van der Waals surface area contributed by atoms with Crippen molar-refractivity contribution in [3.05, 3.63) is 18.2 Å². The van der Waals surface area contributed by atoms with Crippen LogP contribution in [0.4, 0.5) is 0 Å². The molecule has 1 saturated carbocycles. The van der Waals surface area contributed by atoms with Gasteiger partial charge in [-0.2, -0.15) is 0 Å². The number of likely N-dealkylation sites (N-methyl/N-ethyl adjacent to an activating group) is 2.